The fourth-order valence-corrected chi connectivity index (χ4v) is 9.12. The summed E-state index contributed by atoms with van der Waals surface area (Å²) in [5, 5.41) is 26.8. The highest BCUT2D eigenvalue weighted by atomic mass is 32.2. The van der Waals surface area contributed by atoms with E-state index in [1.807, 2.05) is 26.0 Å². The molecular formula is C38H52N4O7S. The summed E-state index contributed by atoms with van der Waals surface area (Å²) in [7, 11) is 0. The lowest BCUT2D eigenvalue weighted by Gasteiger charge is -2.58. The maximum Gasteiger partial charge on any atom is 0.412 e. The monoisotopic (exact) mass is 708 g/mol. The summed E-state index contributed by atoms with van der Waals surface area (Å²) in [4.78, 5) is 27.0. The van der Waals surface area contributed by atoms with E-state index >= 15 is 0 Å². The van der Waals surface area contributed by atoms with Crippen molar-refractivity contribution < 1.29 is 34.1 Å². The van der Waals surface area contributed by atoms with E-state index in [0.29, 0.717) is 44.1 Å². The van der Waals surface area contributed by atoms with Gasteiger partial charge in [-0.05, 0) is 80.9 Å². The number of ether oxygens (including phenoxy) is 3. The molecule has 11 nitrogen and oxygen atoms in total. The number of aromatic nitrogens is 2. The van der Waals surface area contributed by atoms with Gasteiger partial charge in [-0.25, -0.2) is 4.79 Å². The standard InChI is InChI=1S/C38H52N4O7S/c1-4-20-46-38-34(50-21-15-27-25-39-16-17-41-27)24-32(42-47-6-3)30-22-26(11-7-9-18-43)29(12-8-10-19-44)35(36(30)38)31-23-28(13-14-33(31)49-38)48-37(45)40-5-2/h4,13-14,16-17,22-23,25-26,29,34-36,43-44H,1,5-12,15,18-21,24H2,2-3H3,(H,40,45). The Balaban J connectivity index is 1.67. The van der Waals surface area contributed by atoms with Crippen molar-refractivity contribution in [2.75, 3.05) is 38.7 Å². The van der Waals surface area contributed by atoms with Crippen LogP contribution in [0.5, 0.6) is 11.5 Å². The summed E-state index contributed by atoms with van der Waals surface area (Å²) in [5.74, 6) is 0.808. The van der Waals surface area contributed by atoms with Gasteiger partial charge in [0.05, 0.1) is 29.2 Å². The first-order chi connectivity index (χ1) is 24.5. The van der Waals surface area contributed by atoms with Crippen LogP contribution >= 0.6 is 11.8 Å². The zero-order valence-corrected chi connectivity index (χ0v) is 30.1. The van der Waals surface area contributed by atoms with Crippen LogP contribution in [0.25, 0.3) is 0 Å². The zero-order valence-electron chi connectivity index (χ0n) is 29.3. The van der Waals surface area contributed by atoms with Crippen LogP contribution in [0.2, 0.25) is 0 Å². The van der Waals surface area contributed by atoms with Gasteiger partial charge in [-0.15, -0.1) is 6.58 Å². The van der Waals surface area contributed by atoms with Gasteiger partial charge < -0.3 is 34.6 Å². The Bertz CT molecular complexity index is 1470. The van der Waals surface area contributed by atoms with Crippen molar-refractivity contribution in [2.24, 2.45) is 22.9 Å². The number of oxime groups is 1. The van der Waals surface area contributed by atoms with Crippen molar-refractivity contribution in [1.82, 2.24) is 15.3 Å². The molecular weight excluding hydrogens is 657 g/mol. The van der Waals surface area contributed by atoms with E-state index in [0.717, 1.165) is 66.8 Å². The van der Waals surface area contributed by atoms with E-state index in [1.54, 1.807) is 42.5 Å². The van der Waals surface area contributed by atoms with Crippen LogP contribution in [0, 0.1) is 17.8 Å². The molecule has 2 aliphatic carbocycles. The molecule has 1 aliphatic heterocycles. The van der Waals surface area contributed by atoms with E-state index < -0.39 is 11.9 Å². The Labute approximate surface area is 299 Å². The molecule has 0 saturated heterocycles. The molecule has 0 bridgehead atoms. The molecule has 1 aromatic heterocycles. The van der Waals surface area contributed by atoms with Crippen molar-refractivity contribution in [3.63, 3.8) is 0 Å². The first-order valence-corrected chi connectivity index (χ1v) is 19.1. The number of carbonyl (C=O) groups is 1. The lowest BCUT2D eigenvalue weighted by Crippen LogP contribution is -2.64. The van der Waals surface area contributed by atoms with E-state index in [9.17, 15) is 15.0 Å². The number of nitrogens with one attached hydrogen (secondary N) is 1. The number of thioether (sulfide) groups is 1. The third-order valence-electron chi connectivity index (χ3n) is 9.75. The number of hydrogen-bond donors (Lipinski definition) is 3. The second-order valence-corrected chi connectivity index (χ2v) is 14.2. The van der Waals surface area contributed by atoms with Crippen LogP contribution < -0.4 is 14.8 Å². The van der Waals surface area contributed by atoms with Gasteiger partial charge in [-0.3, -0.25) is 9.97 Å². The van der Waals surface area contributed by atoms with Crippen LogP contribution in [-0.4, -0.2) is 81.7 Å². The smallest absolute Gasteiger partial charge is 0.412 e. The van der Waals surface area contributed by atoms with Crippen molar-refractivity contribution >= 4 is 23.6 Å². The van der Waals surface area contributed by atoms with Crippen LogP contribution in [0.3, 0.4) is 0 Å². The number of carbonyl (C=O) groups excluding carboxylic acids is 1. The molecule has 50 heavy (non-hydrogen) atoms. The van der Waals surface area contributed by atoms with Gasteiger partial charge in [0.25, 0.3) is 0 Å². The molecule has 2 heterocycles. The van der Waals surface area contributed by atoms with Crippen LogP contribution in [0.4, 0.5) is 4.79 Å². The predicted octanol–water partition coefficient (Wildman–Crippen LogP) is 6.21. The number of aliphatic hydroxyl groups excluding tert-OH is 2. The van der Waals surface area contributed by atoms with Gasteiger partial charge >= 0.3 is 6.09 Å². The highest BCUT2D eigenvalue weighted by Crippen LogP contribution is 2.62. The molecule has 3 N–H and O–H groups in total. The largest absolute Gasteiger partial charge is 0.460 e. The first kappa shape index (κ1) is 37.8. The summed E-state index contributed by atoms with van der Waals surface area (Å²) in [6.45, 7) is 9.23. The molecule has 6 unspecified atom stereocenters. The lowest BCUT2D eigenvalue weighted by molar-refractivity contribution is -0.223. The first-order valence-electron chi connectivity index (χ1n) is 18.0. The number of aliphatic hydroxyl groups is 2. The Morgan fingerprint density at radius 3 is 2.72 bits per heavy atom. The number of hydrogen-bond acceptors (Lipinski definition) is 11. The molecule has 0 spiro atoms. The predicted molar refractivity (Wildman–Crippen MR) is 194 cm³/mol. The molecule has 272 valence electrons. The van der Waals surface area contributed by atoms with Gasteiger partial charge in [0.2, 0.25) is 5.79 Å². The number of unbranched alkanes of at least 4 members (excludes halogenated alkanes) is 2. The van der Waals surface area contributed by atoms with E-state index in [4.69, 9.17) is 24.2 Å². The summed E-state index contributed by atoms with van der Waals surface area (Å²) in [5.41, 5.74) is 3.83. The molecule has 3 aliphatic rings. The molecule has 2 aromatic rings. The van der Waals surface area contributed by atoms with Crippen molar-refractivity contribution in [3.8, 4) is 11.5 Å². The number of allylic oxidation sites excluding steroid dienone is 1. The number of rotatable bonds is 19. The number of aryl methyl sites for hydroxylation is 1. The molecule has 12 heteroatoms. The fraction of sp³-hybridized carbons (Fsp3) is 0.579. The summed E-state index contributed by atoms with van der Waals surface area (Å²) >= 11 is 1.78. The number of benzene rings is 1. The molecule has 1 aromatic carbocycles. The van der Waals surface area contributed by atoms with Gasteiger partial charge in [0.1, 0.15) is 18.1 Å². The highest BCUT2D eigenvalue weighted by molar-refractivity contribution is 8.00. The quantitative estimate of drug-likeness (QED) is 0.0875. The van der Waals surface area contributed by atoms with Crippen LogP contribution in [-0.2, 0) is 16.0 Å². The maximum absolute atomic E-state index is 12.5. The zero-order chi connectivity index (χ0) is 35.3. The summed E-state index contributed by atoms with van der Waals surface area (Å²) in [6, 6.07) is 5.62. The third-order valence-corrected chi connectivity index (χ3v) is 11.1. The van der Waals surface area contributed by atoms with Gasteiger partial charge in [-0.2, -0.15) is 11.8 Å². The number of fused-ring (bicyclic) bond motifs is 2. The summed E-state index contributed by atoms with van der Waals surface area (Å²) in [6.07, 6.45) is 15.0. The molecule has 0 radical (unpaired) electrons. The van der Waals surface area contributed by atoms with Crippen molar-refractivity contribution in [3.05, 3.63) is 72.4 Å². The second-order valence-electron chi connectivity index (χ2n) is 12.9. The molecule has 5 rings (SSSR count). The average molecular weight is 709 g/mol. The normalized spacial score (nSPS) is 25.9. The van der Waals surface area contributed by atoms with E-state index in [2.05, 4.69) is 27.9 Å². The molecule has 1 amide bonds. The number of amides is 1. The maximum atomic E-state index is 12.5. The van der Waals surface area contributed by atoms with Crippen LogP contribution in [0.15, 0.2) is 66.2 Å². The SMILES string of the molecule is C=CCOC12Oc3ccc(OC(=O)NCC)cc3C3C(CCCCO)C(CCCCO)C=C(C(=NOCC)CC1SCCc1cnccn1)C32. The van der Waals surface area contributed by atoms with E-state index in [-0.39, 0.29) is 42.1 Å². The topological polar surface area (TPSA) is 145 Å². The Morgan fingerprint density at radius 2 is 2.00 bits per heavy atom. The molecule has 6 atom stereocenters. The van der Waals surface area contributed by atoms with Crippen molar-refractivity contribution in [2.45, 2.75) is 82.2 Å². The molecule has 1 fully saturated rings. The van der Waals surface area contributed by atoms with E-state index in [1.165, 1.54) is 0 Å². The van der Waals surface area contributed by atoms with Gasteiger partial charge in [-0.1, -0.05) is 30.1 Å². The summed E-state index contributed by atoms with van der Waals surface area (Å²) < 4.78 is 19.8. The number of nitrogens with zero attached hydrogens (tertiary/aromatic N) is 3. The Kier molecular flexibility index (Phi) is 14.1. The third kappa shape index (κ3) is 8.70. The average Bonchev–Trinajstić information content (AvgIpc) is 3.12. The minimum absolute atomic E-state index is 0.0885. The molecule has 1 saturated carbocycles. The minimum Gasteiger partial charge on any atom is -0.460 e. The minimum atomic E-state index is -1.07. The van der Waals surface area contributed by atoms with Gasteiger partial charge in [0.15, 0.2) is 0 Å². The fourth-order valence-electron chi connectivity index (χ4n) is 7.73. The Morgan fingerprint density at radius 1 is 1.18 bits per heavy atom. The highest BCUT2D eigenvalue weighted by Gasteiger charge is 2.64. The van der Waals surface area contributed by atoms with Gasteiger partial charge in [0, 0.05) is 62.7 Å². The van der Waals surface area contributed by atoms with Crippen molar-refractivity contribution in [1.29, 1.82) is 0 Å². The van der Waals surface area contributed by atoms with Crippen LogP contribution in [0.1, 0.15) is 76.0 Å². The second kappa shape index (κ2) is 18.7. The lowest BCUT2D eigenvalue weighted by atomic mass is 9.56. The Hall–Kier alpha value is -3.45.